The number of nitrogens with two attached hydrogens (primary N) is 1. The molecule has 0 radical (unpaired) electrons. The van der Waals surface area contributed by atoms with Crippen LogP contribution in [0, 0.1) is 0 Å². The fourth-order valence-corrected chi connectivity index (χ4v) is 0.648. The monoisotopic (exact) mass is 137 g/mol. The number of nitrogens with zero attached hydrogens (tertiary/aromatic N) is 1. The van der Waals surface area contributed by atoms with Gasteiger partial charge in [-0.2, -0.15) is 0 Å². The van der Waals surface area contributed by atoms with Crippen molar-refractivity contribution in [3.8, 4) is 0 Å². The lowest BCUT2D eigenvalue weighted by molar-refractivity contribution is -0.572. The predicted octanol–water partition coefficient (Wildman–Crippen LogP) is 0.216. The van der Waals surface area contributed by atoms with E-state index in [1.54, 1.807) is 24.5 Å². The SMILES string of the molecule is CC(=O)[n+]1ccc(N)cc1. The summed E-state index contributed by atoms with van der Waals surface area (Å²) < 4.78 is 1.47. The van der Waals surface area contributed by atoms with Gasteiger partial charge in [0.05, 0.1) is 6.92 Å². The number of nitrogen functional groups attached to an aromatic ring is 1. The first-order chi connectivity index (χ1) is 4.70. The van der Waals surface area contributed by atoms with Gasteiger partial charge in [-0.15, -0.1) is 4.57 Å². The van der Waals surface area contributed by atoms with Crippen LogP contribution in [0.25, 0.3) is 0 Å². The summed E-state index contributed by atoms with van der Waals surface area (Å²) in [7, 11) is 0. The van der Waals surface area contributed by atoms with Gasteiger partial charge in [0.15, 0.2) is 12.4 Å². The number of hydrogen-bond acceptors (Lipinski definition) is 2. The highest BCUT2D eigenvalue weighted by Gasteiger charge is 2.03. The fourth-order valence-electron chi connectivity index (χ4n) is 0.648. The van der Waals surface area contributed by atoms with Gasteiger partial charge in [-0.3, -0.25) is 0 Å². The quantitative estimate of drug-likeness (QED) is 0.520. The molecule has 0 fully saturated rings. The Morgan fingerprint density at radius 3 is 2.40 bits per heavy atom. The standard InChI is InChI=1S/C7H8N2O/c1-6(10)9-4-2-7(8)3-5-9/h2-5,8H,1H3/p+1. The maximum absolute atomic E-state index is 10.7. The summed E-state index contributed by atoms with van der Waals surface area (Å²) in [4.78, 5) is 10.7. The van der Waals surface area contributed by atoms with Crippen LogP contribution in [0.5, 0.6) is 0 Å². The van der Waals surface area contributed by atoms with E-state index in [4.69, 9.17) is 5.73 Å². The minimum Gasteiger partial charge on any atom is -0.398 e. The Kier molecular flexibility index (Phi) is 1.67. The normalized spacial score (nSPS) is 9.30. The molecule has 0 saturated carbocycles. The molecule has 0 saturated heterocycles. The van der Waals surface area contributed by atoms with E-state index in [2.05, 4.69) is 0 Å². The van der Waals surface area contributed by atoms with E-state index in [1.807, 2.05) is 0 Å². The molecule has 10 heavy (non-hydrogen) atoms. The number of pyridine rings is 1. The van der Waals surface area contributed by atoms with Crippen molar-refractivity contribution < 1.29 is 9.36 Å². The summed E-state index contributed by atoms with van der Waals surface area (Å²) in [5, 5.41) is 0. The molecule has 1 aromatic rings. The molecule has 2 N–H and O–H groups in total. The van der Waals surface area contributed by atoms with Crippen molar-refractivity contribution in [3.63, 3.8) is 0 Å². The third kappa shape index (κ3) is 1.31. The van der Waals surface area contributed by atoms with E-state index < -0.39 is 0 Å². The summed E-state index contributed by atoms with van der Waals surface area (Å²) in [5.74, 6) is -0.0139. The van der Waals surface area contributed by atoms with Crippen LogP contribution in [0.3, 0.4) is 0 Å². The zero-order valence-electron chi connectivity index (χ0n) is 5.74. The van der Waals surface area contributed by atoms with E-state index in [9.17, 15) is 4.79 Å². The van der Waals surface area contributed by atoms with Crippen molar-refractivity contribution in [2.45, 2.75) is 6.92 Å². The van der Waals surface area contributed by atoms with Gasteiger partial charge < -0.3 is 5.73 Å². The Morgan fingerprint density at radius 1 is 1.50 bits per heavy atom. The van der Waals surface area contributed by atoms with Gasteiger partial charge in [-0.1, -0.05) is 0 Å². The Morgan fingerprint density at radius 2 is 2.00 bits per heavy atom. The van der Waals surface area contributed by atoms with E-state index in [0.29, 0.717) is 5.69 Å². The number of carbonyl (C=O) groups is 1. The average molecular weight is 137 g/mol. The second-order valence-corrected chi connectivity index (χ2v) is 2.06. The summed E-state index contributed by atoms with van der Waals surface area (Å²) in [6, 6.07) is 3.36. The molecule has 0 atom stereocenters. The summed E-state index contributed by atoms with van der Waals surface area (Å²) in [6.45, 7) is 1.50. The van der Waals surface area contributed by atoms with Crippen LogP contribution in [0.4, 0.5) is 5.69 Å². The number of anilines is 1. The second-order valence-electron chi connectivity index (χ2n) is 2.06. The molecule has 0 spiro atoms. The maximum atomic E-state index is 10.7. The minimum absolute atomic E-state index is 0.0139. The lowest BCUT2D eigenvalue weighted by Gasteiger charge is -1.88. The molecular formula is C7H9N2O+. The number of hydrogen-bond donors (Lipinski definition) is 1. The summed E-state index contributed by atoms with van der Waals surface area (Å²) >= 11 is 0. The second kappa shape index (κ2) is 2.47. The van der Waals surface area contributed by atoms with Crippen LogP contribution >= 0.6 is 0 Å². The highest BCUT2D eigenvalue weighted by molar-refractivity contribution is 5.63. The minimum atomic E-state index is -0.0139. The first-order valence-corrected chi connectivity index (χ1v) is 2.98. The van der Waals surface area contributed by atoms with Crippen molar-refractivity contribution in [2.75, 3.05) is 5.73 Å². The zero-order chi connectivity index (χ0) is 7.56. The molecule has 0 amide bonds. The molecule has 0 unspecified atom stereocenters. The maximum Gasteiger partial charge on any atom is 0.389 e. The molecule has 52 valence electrons. The first-order valence-electron chi connectivity index (χ1n) is 2.98. The molecule has 0 bridgehead atoms. The average Bonchev–Trinajstić information content (AvgIpc) is 1.88. The van der Waals surface area contributed by atoms with Gasteiger partial charge in [0.2, 0.25) is 0 Å². The Bertz CT molecular complexity index is 240. The van der Waals surface area contributed by atoms with Crippen LogP contribution in [0.1, 0.15) is 11.7 Å². The number of rotatable bonds is 0. The molecule has 0 aliphatic heterocycles. The Hall–Kier alpha value is -1.38. The van der Waals surface area contributed by atoms with Gasteiger partial charge in [-0.25, -0.2) is 4.79 Å². The van der Waals surface area contributed by atoms with Gasteiger partial charge in [0, 0.05) is 17.8 Å². The van der Waals surface area contributed by atoms with Crippen molar-refractivity contribution >= 4 is 11.6 Å². The fraction of sp³-hybridized carbons (Fsp3) is 0.143. The topological polar surface area (TPSA) is 47.0 Å². The molecule has 0 aliphatic rings. The zero-order valence-corrected chi connectivity index (χ0v) is 5.74. The Labute approximate surface area is 59.1 Å². The van der Waals surface area contributed by atoms with Gasteiger partial charge in [0.25, 0.3) is 0 Å². The number of carbonyl (C=O) groups excluding carboxylic acids is 1. The van der Waals surface area contributed by atoms with Crippen molar-refractivity contribution in [1.82, 2.24) is 0 Å². The van der Waals surface area contributed by atoms with Crippen molar-refractivity contribution in [1.29, 1.82) is 0 Å². The molecular weight excluding hydrogens is 128 g/mol. The van der Waals surface area contributed by atoms with Crippen LogP contribution in [-0.4, -0.2) is 5.91 Å². The Balaban J connectivity index is 3.00. The molecule has 3 heteroatoms. The van der Waals surface area contributed by atoms with Crippen LogP contribution in [0.15, 0.2) is 24.5 Å². The molecule has 1 aromatic heterocycles. The lowest BCUT2D eigenvalue weighted by Crippen LogP contribution is -2.39. The van der Waals surface area contributed by atoms with Gasteiger partial charge in [-0.05, 0) is 0 Å². The van der Waals surface area contributed by atoms with E-state index in [-0.39, 0.29) is 5.91 Å². The lowest BCUT2D eigenvalue weighted by atomic mass is 10.4. The van der Waals surface area contributed by atoms with Crippen LogP contribution in [-0.2, 0) is 0 Å². The first kappa shape index (κ1) is 6.74. The van der Waals surface area contributed by atoms with E-state index in [0.717, 1.165) is 0 Å². The van der Waals surface area contributed by atoms with E-state index in [1.165, 1.54) is 11.5 Å². The summed E-state index contributed by atoms with van der Waals surface area (Å²) in [5.41, 5.74) is 6.07. The third-order valence-electron chi connectivity index (χ3n) is 1.22. The number of aromatic nitrogens is 1. The molecule has 1 heterocycles. The highest BCUT2D eigenvalue weighted by atomic mass is 16.1. The van der Waals surface area contributed by atoms with Crippen molar-refractivity contribution in [2.24, 2.45) is 0 Å². The van der Waals surface area contributed by atoms with Crippen molar-refractivity contribution in [3.05, 3.63) is 24.5 Å². The third-order valence-corrected chi connectivity index (χ3v) is 1.22. The largest absolute Gasteiger partial charge is 0.398 e. The molecule has 0 aromatic carbocycles. The van der Waals surface area contributed by atoms with Crippen LogP contribution in [0.2, 0.25) is 0 Å². The highest BCUT2D eigenvalue weighted by Crippen LogP contribution is 1.92. The smallest absolute Gasteiger partial charge is 0.389 e. The van der Waals surface area contributed by atoms with Gasteiger partial charge >= 0.3 is 5.91 Å². The van der Waals surface area contributed by atoms with Gasteiger partial charge in [0.1, 0.15) is 0 Å². The van der Waals surface area contributed by atoms with E-state index >= 15 is 0 Å². The summed E-state index contributed by atoms with van der Waals surface area (Å²) in [6.07, 6.45) is 3.27. The molecule has 3 nitrogen and oxygen atoms in total. The molecule has 1 rings (SSSR count). The molecule has 0 aliphatic carbocycles. The van der Waals surface area contributed by atoms with Crippen LogP contribution < -0.4 is 10.3 Å². The predicted molar refractivity (Wildman–Crippen MR) is 37.3 cm³/mol.